The number of hydrogen-bond donors (Lipinski definition) is 3. The smallest absolute Gasteiger partial charge is 0.308 e. The number of likely N-dealkylation sites (tertiary alicyclic amines) is 1. The zero-order chi connectivity index (χ0) is 20.1. The highest BCUT2D eigenvalue weighted by Crippen LogP contribution is 2.58. The Morgan fingerprint density at radius 3 is 2.71 bits per heavy atom. The molecule has 1 spiro atoms. The molecule has 1 aromatic carbocycles. The maximum atomic E-state index is 13.1. The van der Waals surface area contributed by atoms with E-state index < -0.39 is 23.3 Å². The molecular formula is C20H24ClN3O4. The van der Waals surface area contributed by atoms with Crippen LogP contribution in [0.2, 0.25) is 5.02 Å². The van der Waals surface area contributed by atoms with Gasteiger partial charge in [0.15, 0.2) is 0 Å². The second-order valence-electron chi connectivity index (χ2n) is 8.35. The summed E-state index contributed by atoms with van der Waals surface area (Å²) in [5, 5.41) is 13.5. The van der Waals surface area contributed by atoms with E-state index in [1.165, 1.54) is 0 Å². The van der Waals surface area contributed by atoms with E-state index in [0.717, 1.165) is 12.0 Å². The van der Waals surface area contributed by atoms with Gasteiger partial charge in [0.2, 0.25) is 11.8 Å². The van der Waals surface area contributed by atoms with Crippen LogP contribution < -0.4 is 11.1 Å². The number of hydrogen-bond acceptors (Lipinski definition) is 4. The summed E-state index contributed by atoms with van der Waals surface area (Å²) in [6, 6.07) is 6.87. The molecular weight excluding hydrogens is 382 g/mol. The summed E-state index contributed by atoms with van der Waals surface area (Å²) in [7, 11) is 0. The fraction of sp³-hybridized carbons (Fsp3) is 0.550. The standard InChI is InChI=1S/C20H24ClN3O4/c21-13-3-1-2-11(6-13)12-4-5-24(9-12)18(26)16-14(19(27)28)7-20(10-23-16)8-15(20)17(22)25/h1-3,6,12,14-16,23H,4-5,7-10H2,(H2,22,25)(H,27,28). The predicted molar refractivity (Wildman–Crippen MR) is 103 cm³/mol. The van der Waals surface area contributed by atoms with Gasteiger partial charge in [0.05, 0.1) is 5.92 Å². The molecule has 8 heteroatoms. The van der Waals surface area contributed by atoms with Crippen LogP contribution in [-0.2, 0) is 14.4 Å². The summed E-state index contributed by atoms with van der Waals surface area (Å²) in [6.07, 6.45) is 1.73. The minimum Gasteiger partial charge on any atom is -0.481 e. The highest BCUT2D eigenvalue weighted by Gasteiger charge is 2.62. The fourth-order valence-electron chi connectivity index (χ4n) is 4.93. The average molecular weight is 406 g/mol. The molecule has 0 bridgehead atoms. The Kier molecular flexibility index (Phi) is 4.83. The van der Waals surface area contributed by atoms with Crippen LogP contribution in [0.1, 0.15) is 30.7 Å². The Hall–Kier alpha value is -2.12. The third-order valence-corrected chi connectivity index (χ3v) is 6.87. The lowest BCUT2D eigenvalue weighted by Crippen LogP contribution is -2.57. The highest BCUT2D eigenvalue weighted by molar-refractivity contribution is 6.30. The summed E-state index contributed by atoms with van der Waals surface area (Å²) in [5.74, 6) is -2.52. The SMILES string of the molecule is NC(=O)C1CC12CNC(C(=O)N1CCC(c3cccc(Cl)c3)C1)C(C(=O)O)C2. The molecule has 4 N–H and O–H groups in total. The first-order valence-corrected chi connectivity index (χ1v) is 9.98. The van der Waals surface area contributed by atoms with Crippen LogP contribution in [0.3, 0.4) is 0 Å². The summed E-state index contributed by atoms with van der Waals surface area (Å²) in [4.78, 5) is 38.2. The summed E-state index contributed by atoms with van der Waals surface area (Å²) in [5.41, 5.74) is 6.09. The fourth-order valence-corrected chi connectivity index (χ4v) is 5.13. The van der Waals surface area contributed by atoms with Crippen molar-refractivity contribution in [2.45, 2.75) is 31.2 Å². The number of amides is 2. The normalized spacial score (nSPS) is 34.4. The molecule has 4 rings (SSSR count). The van der Waals surface area contributed by atoms with Crippen LogP contribution in [0.25, 0.3) is 0 Å². The predicted octanol–water partition coefficient (Wildman–Crippen LogP) is 1.21. The molecule has 3 fully saturated rings. The zero-order valence-corrected chi connectivity index (χ0v) is 16.2. The molecule has 1 aromatic rings. The number of halogens is 1. The molecule has 150 valence electrons. The lowest BCUT2D eigenvalue weighted by molar-refractivity contribution is -0.150. The van der Waals surface area contributed by atoms with E-state index in [0.29, 0.717) is 37.5 Å². The number of carboxylic acids is 1. The van der Waals surface area contributed by atoms with Crippen LogP contribution >= 0.6 is 11.6 Å². The van der Waals surface area contributed by atoms with Crippen LogP contribution in [0.4, 0.5) is 0 Å². The largest absolute Gasteiger partial charge is 0.481 e. The van der Waals surface area contributed by atoms with Crippen LogP contribution in [-0.4, -0.2) is 53.5 Å². The summed E-state index contributed by atoms with van der Waals surface area (Å²) >= 11 is 6.08. The van der Waals surface area contributed by atoms with Gasteiger partial charge in [-0.15, -0.1) is 0 Å². The van der Waals surface area contributed by atoms with E-state index >= 15 is 0 Å². The van der Waals surface area contributed by atoms with E-state index in [1.54, 1.807) is 4.90 Å². The number of carbonyl (C=O) groups is 3. The topological polar surface area (TPSA) is 113 Å². The molecule has 7 nitrogen and oxygen atoms in total. The first-order valence-electron chi connectivity index (χ1n) is 9.60. The second kappa shape index (κ2) is 7.04. The number of benzene rings is 1. The minimum atomic E-state index is -1.01. The van der Waals surface area contributed by atoms with Crippen molar-refractivity contribution >= 4 is 29.4 Å². The maximum Gasteiger partial charge on any atom is 0.308 e. The molecule has 0 radical (unpaired) electrons. The highest BCUT2D eigenvalue weighted by atomic mass is 35.5. The van der Waals surface area contributed by atoms with Gasteiger partial charge in [-0.05, 0) is 42.4 Å². The van der Waals surface area contributed by atoms with Crippen molar-refractivity contribution < 1.29 is 19.5 Å². The summed E-state index contributed by atoms with van der Waals surface area (Å²) < 4.78 is 0. The number of rotatable bonds is 4. The third-order valence-electron chi connectivity index (χ3n) is 6.64. The van der Waals surface area contributed by atoms with Crippen molar-refractivity contribution in [2.75, 3.05) is 19.6 Å². The van der Waals surface area contributed by atoms with Crippen molar-refractivity contribution in [1.29, 1.82) is 0 Å². The van der Waals surface area contributed by atoms with E-state index in [9.17, 15) is 19.5 Å². The summed E-state index contributed by atoms with van der Waals surface area (Å²) in [6.45, 7) is 1.60. The number of nitrogens with two attached hydrogens (primary N) is 1. The molecule has 2 aliphatic heterocycles. The van der Waals surface area contributed by atoms with Crippen LogP contribution in [0, 0.1) is 17.3 Å². The number of piperidine rings is 1. The molecule has 2 saturated heterocycles. The lowest BCUT2D eigenvalue weighted by Gasteiger charge is -2.36. The number of aliphatic carboxylic acids is 1. The average Bonchev–Trinajstić information content (AvgIpc) is 3.13. The first kappa shape index (κ1) is 19.2. The molecule has 5 atom stereocenters. The van der Waals surface area contributed by atoms with Gasteiger partial charge in [-0.25, -0.2) is 0 Å². The van der Waals surface area contributed by atoms with Crippen LogP contribution in [0.5, 0.6) is 0 Å². The van der Waals surface area contributed by atoms with Gasteiger partial charge in [0.1, 0.15) is 6.04 Å². The first-order chi connectivity index (χ1) is 13.3. The van der Waals surface area contributed by atoms with Crippen LogP contribution in [0.15, 0.2) is 24.3 Å². The Balaban J connectivity index is 1.44. The van der Waals surface area contributed by atoms with E-state index in [2.05, 4.69) is 5.32 Å². The van der Waals surface area contributed by atoms with Crippen molar-refractivity contribution in [3.63, 3.8) is 0 Å². The Bertz CT molecular complexity index is 831. The van der Waals surface area contributed by atoms with Gasteiger partial charge >= 0.3 is 5.97 Å². The van der Waals surface area contributed by atoms with Gasteiger partial charge in [-0.2, -0.15) is 0 Å². The maximum absolute atomic E-state index is 13.1. The molecule has 1 aliphatic carbocycles. The zero-order valence-electron chi connectivity index (χ0n) is 15.4. The number of primary amides is 1. The quantitative estimate of drug-likeness (QED) is 0.696. The molecule has 5 unspecified atom stereocenters. The second-order valence-corrected chi connectivity index (χ2v) is 8.79. The molecule has 0 aromatic heterocycles. The monoisotopic (exact) mass is 405 g/mol. The van der Waals surface area contributed by atoms with E-state index in [4.69, 9.17) is 17.3 Å². The van der Waals surface area contributed by atoms with E-state index in [1.807, 2.05) is 24.3 Å². The van der Waals surface area contributed by atoms with Crippen molar-refractivity contribution in [3.8, 4) is 0 Å². The van der Waals surface area contributed by atoms with Crippen molar-refractivity contribution in [1.82, 2.24) is 10.2 Å². The van der Waals surface area contributed by atoms with Crippen molar-refractivity contribution in [2.24, 2.45) is 23.0 Å². The third kappa shape index (κ3) is 3.37. The van der Waals surface area contributed by atoms with E-state index in [-0.39, 0.29) is 23.7 Å². The number of nitrogens with zero attached hydrogens (tertiary/aromatic N) is 1. The Labute approximate surface area is 168 Å². The van der Waals surface area contributed by atoms with Gasteiger partial charge < -0.3 is 21.1 Å². The molecule has 2 amide bonds. The van der Waals surface area contributed by atoms with Gasteiger partial charge in [-0.3, -0.25) is 14.4 Å². The molecule has 2 heterocycles. The Morgan fingerprint density at radius 2 is 2.07 bits per heavy atom. The lowest BCUT2D eigenvalue weighted by atomic mass is 9.80. The number of carboxylic acid groups (broad SMARTS) is 1. The number of carbonyl (C=O) groups excluding carboxylic acids is 2. The number of nitrogens with one attached hydrogen (secondary N) is 1. The molecule has 3 aliphatic rings. The molecule has 1 saturated carbocycles. The van der Waals surface area contributed by atoms with Gasteiger partial charge in [0.25, 0.3) is 0 Å². The van der Waals surface area contributed by atoms with Gasteiger partial charge in [0, 0.05) is 36.5 Å². The minimum absolute atomic E-state index is 0.178. The van der Waals surface area contributed by atoms with Crippen molar-refractivity contribution in [3.05, 3.63) is 34.9 Å². The van der Waals surface area contributed by atoms with Gasteiger partial charge in [-0.1, -0.05) is 23.7 Å². The molecule has 28 heavy (non-hydrogen) atoms. The Morgan fingerprint density at radius 1 is 1.29 bits per heavy atom.